The number of anilines is 1. The summed E-state index contributed by atoms with van der Waals surface area (Å²) in [7, 11) is 4.00. The summed E-state index contributed by atoms with van der Waals surface area (Å²) >= 11 is 0. The van der Waals surface area contributed by atoms with Crippen LogP contribution in [-0.4, -0.2) is 35.0 Å². The molecule has 0 atom stereocenters. The van der Waals surface area contributed by atoms with Crippen molar-refractivity contribution in [3.63, 3.8) is 0 Å². The van der Waals surface area contributed by atoms with Gasteiger partial charge in [-0.3, -0.25) is 14.9 Å². The van der Waals surface area contributed by atoms with Crippen molar-refractivity contribution in [3.8, 4) is 0 Å². The summed E-state index contributed by atoms with van der Waals surface area (Å²) in [5.74, 6) is 0. The highest BCUT2D eigenvalue weighted by molar-refractivity contribution is 6.02. The van der Waals surface area contributed by atoms with E-state index >= 15 is 0 Å². The van der Waals surface area contributed by atoms with Crippen molar-refractivity contribution in [1.82, 2.24) is 9.47 Å². The van der Waals surface area contributed by atoms with Crippen LogP contribution in [0.5, 0.6) is 0 Å². The van der Waals surface area contributed by atoms with Crippen molar-refractivity contribution in [2.24, 2.45) is 0 Å². The van der Waals surface area contributed by atoms with Gasteiger partial charge >= 0.3 is 0 Å². The van der Waals surface area contributed by atoms with E-state index in [9.17, 15) is 14.9 Å². The average Bonchev–Trinajstić information content (AvgIpc) is 2.84. The Kier molecular flexibility index (Phi) is 6.93. The molecule has 3 aromatic carbocycles. The van der Waals surface area contributed by atoms with E-state index in [0.29, 0.717) is 34.9 Å². The first-order valence-corrected chi connectivity index (χ1v) is 11.6. The molecule has 1 heterocycles. The van der Waals surface area contributed by atoms with E-state index in [1.165, 1.54) is 11.6 Å². The number of nitrogens with one attached hydrogen (secondary N) is 1. The van der Waals surface area contributed by atoms with E-state index in [4.69, 9.17) is 0 Å². The molecule has 176 valence electrons. The van der Waals surface area contributed by atoms with Crippen molar-refractivity contribution in [2.45, 2.75) is 32.9 Å². The lowest BCUT2D eigenvalue weighted by Gasteiger charge is -2.18. The Morgan fingerprint density at radius 2 is 1.71 bits per heavy atom. The maximum atomic E-state index is 13.6. The van der Waals surface area contributed by atoms with Crippen LogP contribution in [0.1, 0.15) is 24.5 Å². The molecule has 7 heteroatoms. The van der Waals surface area contributed by atoms with Gasteiger partial charge in [-0.2, -0.15) is 0 Å². The molecule has 1 aromatic heterocycles. The van der Waals surface area contributed by atoms with Crippen LogP contribution >= 0.6 is 0 Å². The van der Waals surface area contributed by atoms with E-state index in [2.05, 4.69) is 41.4 Å². The number of rotatable bonds is 9. The molecule has 0 spiro atoms. The Labute approximate surface area is 198 Å². The summed E-state index contributed by atoms with van der Waals surface area (Å²) in [5.41, 5.74) is 3.99. The second kappa shape index (κ2) is 10.1. The molecule has 0 radical (unpaired) electrons. The topological polar surface area (TPSA) is 80.4 Å². The van der Waals surface area contributed by atoms with Crippen LogP contribution in [-0.2, 0) is 19.5 Å². The van der Waals surface area contributed by atoms with Gasteiger partial charge in [-0.15, -0.1) is 0 Å². The molecular formula is C27H30N4O3. The van der Waals surface area contributed by atoms with Crippen LogP contribution in [0.3, 0.4) is 0 Å². The molecule has 0 aliphatic heterocycles. The van der Waals surface area contributed by atoms with Crippen LogP contribution in [0, 0.1) is 10.1 Å². The summed E-state index contributed by atoms with van der Waals surface area (Å²) < 4.78 is 1.94. The van der Waals surface area contributed by atoms with Crippen LogP contribution in [0.15, 0.2) is 65.5 Å². The van der Waals surface area contributed by atoms with Gasteiger partial charge in [0.25, 0.3) is 5.69 Å². The van der Waals surface area contributed by atoms with Crippen molar-refractivity contribution in [1.29, 1.82) is 0 Å². The van der Waals surface area contributed by atoms with E-state index < -0.39 is 4.92 Å². The largest absolute Gasteiger partial charge is 0.380 e. The van der Waals surface area contributed by atoms with Crippen LogP contribution in [0.25, 0.3) is 21.8 Å². The summed E-state index contributed by atoms with van der Waals surface area (Å²) in [6.07, 6.45) is 1.79. The predicted octanol–water partition coefficient (Wildman–Crippen LogP) is 5.19. The lowest BCUT2D eigenvalue weighted by atomic mass is 10.1. The van der Waals surface area contributed by atoms with E-state index in [1.807, 2.05) is 36.9 Å². The number of fused-ring (bicyclic) bond motifs is 2. The maximum Gasteiger partial charge on any atom is 0.293 e. The van der Waals surface area contributed by atoms with Crippen molar-refractivity contribution in [3.05, 3.63) is 92.1 Å². The maximum absolute atomic E-state index is 13.6. The highest BCUT2D eigenvalue weighted by atomic mass is 16.6. The van der Waals surface area contributed by atoms with Crippen molar-refractivity contribution >= 4 is 33.2 Å². The lowest BCUT2D eigenvalue weighted by Crippen LogP contribution is -2.18. The monoisotopic (exact) mass is 458 g/mol. The number of hydrogen-bond acceptors (Lipinski definition) is 5. The fourth-order valence-electron chi connectivity index (χ4n) is 4.42. The van der Waals surface area contributed by atoms with E-state index in [0.717, 1.165) is 30.6 Å². The zero-order valence-electron chi connectivity index (χ0n) is 19.9. The highest BCUT2D eigenvalue weighted by Crippen LogP contribution is 2.30. The molecule has 1 N–H and O–H groups in total. The molecule has 4 rings (SSSR count). The minimum Gasteiger partial charge on any atom is -0.380 e. The number of pyridine rings is 1. The second-order valence-electron chi connectivity index (χ2n) is 8.79. The van der Waals surface area contributed by atoms with Crippen LogP contribution < -0.4 is 10.7 Å². The third-order valence-electron chi connectivity index (χ3n) is 6.19. The second-order valence-corrected chi connectivity index (χ2v) is 8.79. The lowest BCUT2D eigenvalue weighted by molar-refractivity contribution is -0.383. The fraction of sp³-hybridized carbons (Fsp3) is 0.296. The smallest absolute Gasteiger partial charge is 0.293 e. The third kappa shape index (κ3) is 4.65. The molecule has 0 aliphatic carbocycles. The summed E-state index contributed by atoms with van der Waals surface area (Å²) in [5, 5.41) is 16.2. The van der Waals surface area contributed by atoms with Gasteiger partial charge in [0.15, 0.2) is 5.43 Å². The zero-order valence-corrected chi connectivity index (χ0v) is 19.9. The summed E-state index contributed by atoms with van der Waals surface area (Å²) in [4.78, 5) is 27.1. The molecule has 0 bridgehead atoms. The molecule has 0 unspecified atom stereocenters. The Balaban J connectivity index is 1.86. The van der Waals surface area contributed by atoms with Gasteiger partial charge in [0.1, 0.15) is 5.52 Å². The Bertz CT molecular complexity index is 1390. The molecule has 0 aliphatic rings. The number of benzene rings is 3. The molecule has 7 nitrogen and oxygen atoms in total. The normalized spacial score (nSPS) is 11.4. The van der Waals surface area contributed by atoms with Crippen molar-refractivity contribution < 1.29 is 4.92 Å². The van der Waals surface area contributed by atoms with Gasteiger partial charge in [0, 0.05) is 24.8 Å². The van der Waals surface area contributed by atoms with Gasteiger partial charge in [-0.05, 0) is 62.8 Å². The number of nitro groups is 1. The third-order valence-corrected chi connectivity index (χ3v) is 6.19. The standard InChI is InChI=1S/C27H30N4O3/c1-4-19-12-14-20(15-13-19)18-28-22-9-6-10-23-25(22)27(32)21-8-5-11-24(31(33)34)26(21)30(23)17-7-16-29(2)3/h5-6,8-15,28H,4,7,16-18H2,1-3H3. The summed E-state index contributed by atoms with van der Waals surface area (Å²) in [6, 6.07) is 18.8. The summed E-state index contributed by atoms with van der Waals surface area (Å²) in [6.45, 7) is 4.11. The Morgan fingerprint density at radius 3 is 2.38 bits per heavy atom. The fourth-order valence-corrected chi connectivity index (χ4v) is 4.42. The number of para-hydroxylation sites is 1. The molecule has 34 heavy (non-hydrogen) atoms. The average molecular weight is 459 g/mol. The minimum absolute atomic E-state index is 0.0456. The number of nitrogens with zero attached hydrogens (tertiary/aromatic N) is 3. The number of hydrogen-bond donors (Lipinski definition) is 1. The molecular weight excluding hydrogens is 428 g/mol. The van der Waals surface area contributed by atoms with Gasteiger partial charge in [0.05, 0.1) is 21.2 Å². The molecule has 0 amide bonds. The van der Waals surface area contributed by atoms with Gasteiger partial charge in [-0.25, -0.2) is 0 Å². The van der Waals surface area contributed by atoms with Crippen molar-refractivity contribution in [2.75, 3.05) is 26.0 Å². The SMILES string of the molecule is CCc1ccc(CNc2cccc3c2c(=O)c2cccc([N+](=O)[O-])c2n3CCCN(C)C)cc1. The zero-order chi connectivity index (χ0) is 24.2. The number of non-ortho nitro benzene ring substituents is 1. The number of aryl methyl sites for hydroxylation is 2. The van der Waals surface area contributed by atoms with Gasteiger partial charge in [0.2, 0.25) is 0 Å². The Morgan fingerprint density at radius 1 is 1.00 bits per heavy atom. The quantitative estimate of drug-likeness (QED) is 0.212. The Hall–Kier alpha value is -3.71. The van der Waals surface area contributed by atoms with Crippen LogP contribution in [0.2, 0.25) is 0 Å². The van der Waals surface area contributed by atoms with E-state index in [-0.39, 0.29) is 11.1 Å². The molecule has 0 saturated heterocycles. The first-order chi connectivity index (χ1) is 16.4. The molecule has 0 saturated carbocycles. The first-order valence-electron chi connectivity index (χ1n) is 11.6. The highest BCUT2D eigenvalue weighted by Gasteiger charge is 2.21. The van der Waals surface area contributed by atoms with E-state index in [1.54, 1.807) is 12.1 Å². The number of aromatic nitrogens is 1. The van der Waals surface area contributed by atoms with Gasteiger partial charge < -0.3 is 14.8 Å². The van der Waals surface area contributed by atoms with Gasteiger partial charge in [-0.1, -0.05) is 43.3 Å². The number of nitro benzene ring substituents is 1. The predicted molar refractivity (Wildman–Crippen MR) is 139 cm³/mol. The van der Waals surface area contributed by atoms with Crippen LogP contribution in [0.4, 0.5) is 11.4 Å². The molecule has 0 fully saturated rings. The minimum atomic E-state index is -0.405. The first kappa shape index (κ1) is 23.4. The molecule has 4 aromatic rings.